The van der Waals surface area contributed by atoms with Crippen LogP contribution in [-0.2, 0) is 11.3 Å². The first-order chi connectivity index (χ1) is 8.36. The number of rotatable bonds is 5. The Kier molecular flexibility index (Phi) is 4.11. The highest BCUT2D eigenvalue weighted by atomic mass is 19.1. The summed E-state index contributed by atoms with van der Waals surface area (Å²) in [6.45, 7) is 0.491. The molecule has 2 rings (SSSR count). The maximum Gasteiger partial charge on any atom is 0.189 e. The fourth-order valence-electron chi connectivity index (χ4n) is 1.40. The van der Waals surface area contributed by atoms with Crippen LogP contribution in [0.15, 0.2) is 54.6 Å². The van der Waals surface area contributed by atoms with Crippen molar-refractivity contribution < 1.29 is 13.9 Å². The minimum atomic E-state index is -0.379. The lowest BCUT2D eigenvalue weighted by Gasteiger charge is -2.07. The number of ether oxygens (including phenoxy) is 2. The molecule has 2 aromatic rings. The molecule has 0 bridgehead atoms. The van der Waals surface area contributed by atoms with Crippen molar-refractivity contribution >= 4 is 0 Å². The summed E-state index contributed by atoms with van der Waals surface area (Å²) in [7, 11) is 0. The predicted octanol–water partition coefficient (Wildman–Crippen LogP) is 3.38. The monoisotopic (exact) mass is 232 g/mol. The van der Waals surface area contributed by atoms with E-state index in [2.05, 4.69) is 0 Å². The van der Waals surface area contributed by atoms with Crippen molar-refractivity contribution in [2.24, 2.45) is 0 Å². The van der Waals surface area contributed by atoms with Crippen molar-refractivity contribution in [2.45, 2.75) is 6.61 Å². The molecular formula is C14H13FO2. The number of para-hydroxylation sites is 1. The van der Waals surface area contributed by atoms with Gasteiger partial charge in [0.2, 0.25) is 0 Å². The molecule has 0 aromatic heterocycles. The van der Waals surface area contributed by atoms with Crippen molar-refractivity contribution in [1.82, 2.24) is 0 Å². The van der Waals surface area contributed by atoms with Gasteiger partial charge in [0.25, 0.3) is 0 Å². The average Bonchev–Trinajstić information content (AvgIpc) is 2.38. The van der Waals surface area contributed by atoms with Crippen LogP contribution in [0.25, 0.3) is 0 Å². The molecule has 0 radical (unpaired) electrons. The third-order valence-electron chi connectivity index (χ3n) is 2.25. The van der Waals surface area contributed by atoms with Crippen molar-refractivity contribution in [3.63, 3.8) is 0 Å². The smallest absolute Gasteiger partial charge is 0.189 e. The van der Waals surface area contributed by atoms with E-state index in [1.807, 2.05) is 30.3 Å². The van der Waals surface area contributed by atoms with E-state index in [0.29, 0.717) is 6.61 Å². The fraction of sp³-hybridized carbons (Fsp3) is 0.143. The molecule has 0 amide bonds. The van der Waals surface area contributed by atoms with Gasteiger partial charge in [0.05, 0.1) is 6.61 Å². The van der Waals surface area contributed by atoms with Crippen LogP contribution in [0.5, 0.6) is 5.75 Å². The van der Waals surface area contributed by atoms with Gasteiger partial charge in [-0.15, -0.1) is 0 Å². The maximum atomic E-state index is 13.2. The molecule has 2 aromatic carbocycles. The second-order valence-electron chi connectivity index (χ2n) is 3.53. The highest BCUT2D eigenvalue weighted by Gasteiger charge is 2.00. The number of hydrogen-bond donors (Lipinski definition) is 0. The number of halogens is 1. The topological polar surface area (TPSA) is 18.5 Å². The molecule has 0 unspecified atom stereocenters. The molecule has 88 valence electrons. The van der Waals surface area contributed by atoms with Gasteiger partial charge in [-0.25, -0.2) is 4.39 Å². The summed E-state index contributed by atoms with van der Waals surface area (Å²) in [5.74, 6) is -0.170. The van der Waals surface area contributed by atoms with E-state index in [4.69, 9.17) is 9.47 Å². The first-order valence-corrected chi connectivity index (χ1v) is 5.35. The molecule has 0 saturated heterocycles. The van der Waals surface area contributed by atoms with Crippen LogP contribution in [0.1, 0.15) is 5.56 Å². The zero-order valence-electron chi connectivity index (χ0n) is 9.30. The summed E-state index contributed by atoms with van der Waals surface area (Å²) in [4.78, 5) is 0. The highest BCUT2D eigenvalue weighted by Crippen LogP contribution is 2.15. The standard InChI is InChI=1S/C14H13FO2/c15-13-8-4-5-9-14(13)17-11-16-10-12-6-2-1-3-7-12/h1-9H,10-11H2. The van der Waals surface area contributed by atoms with Gasteiger partial charge in [-0.2, -0.15) is 0 Å². The molecule has 0 fully saturated rings. The average molecular weight is 232 g/mol. The van der Waals surface area contributed by atoms with E-state index < -0.39 is 0 Å². The minimum absolute atomic E-state index is 0.0375. The van der Waals surface area contributed by atoms with Crippen LogP contribution in [-0.4, -0.2) is 6.79 Å². The summed E-state index contributed by atoms with van der Waals surface area (Å²) in [6.07, 6.45) is 0. The van der Waals surface area contributed by atoms with Gasteiger partial charge < -0.3 is 9.47 Å². The van der Waals surface area contributed by atoms with Gasteiger partial charge in [0, 0.05) is 0 Å². The van der Waals surface area contributed by atoms with Crippen molar-refractivity contribution in [2.75, 3.05) is 6.79 Å². The Balaban J connectivity index is 1.76. The Labute approximate surface area is 99.6 Å². The van der Waals surface area contributed by atoms with Crippen LogP contribution in [0, 0.1) is 5.82 Å². The van der Waals surface area contributed by atoms with E-state index in [1.54, 1.807) is 18.2 Å². The number of hydrogen-bond acceptors (Lipinski definition) is 2. The zero-order chi connectivity index (χ0) is 11.9. The van der Waals surface area contributed by atoms with Gasteiger partial charge in [0.1, 0.15) is 0 Å². The lowest BCUT2D eigenvalue weighted by molar-refractivity contribution is 0.00303. The summed E-state index contributed by atoms with van der Waals surface area (Å²) in [6, 6.07) is 16.0. The van der Waals surface area contributed by atoms with Gasteiger partial charge >= 0.3 is 0 Å². The maximum absolute atomic E-state index is 13.2. The molecule has 2 nitrogen and oxygen atoms in total. The van der Waals surface area contributed by atoms with Crippen LogP contribution in [0.2, 0.25) is 0 Å². The molecule has 0 atom stereocenters. The van der Waals surface area contributed by atoms with Crippen LogP contribution < -0.4 is 4.74 Å². The van der Waals surface area contributed by atoms with Gasteiger partial charge in [0.15, 0.2) is 18.4 Å². The van der Waals surface area contributed by atoms with E-state index >= 15 is 0 Å². The Bertz CT molecular complexity index is 457. The Morgan fingerprint density at radius 2 is 1.59 bits per heavy atom. The van der Waals surface area contributed by atoms with Gasteiger partial charge in [-0.05, 0) is 17.7 Å². The Hall–Kier alpha value is -1.87. The van der Waals surface area contributed by atoms with E-state index in [0.717, 1.165) is 5.56 Å². The highest BCUT2D eigenvalue weighted by molar-refractivity contribution is 5.23. The molecule has 0 aliphatic heterocycles. The fourth-order valence-corrected chi connectivity index (χ4v) is 1.40. The lowest BCUT2D eigenvalue weighted by Crippen LogP contribution is -2.03. The molecule has 0 N–H and O–H groups in total. The summed E-state index contributed by atoms with van der Waals surface area (Å²) in [5.41, 5.74) is 1.06. The predicted molar refractivity (Wildman–Crippen MR) is 63.1 cm³/mol. The SMILES string of the molecule is Fc1ccccc1OCOCc1ccccc1. The molecular weight excluding hydrogens is 219 g/mol. The molecule has 0 aliphatic carbocycles. The normalized spacial score (nSPS) is 10.2. The minimum Gasteiger partial charge on any atom is -0.464 e. The zero-order valence-corrected chi connectivity index (χ0v) is 9.30. The molecule has 0 aliphatic rings. The second-order valence-corrected chi connectivity index (χ2v) is 3.53. The first-order valence-electron chi connectivity index (χ1n) is 5.35. The first kappa shape index (κ1) is 11.6. The Morgan fingerprint density at radius 1 is 0.882 bits per heavy atom. The largest absolute Gasteiger partial charge is 0.464 e. The molecule has 3 heteroatoms. The van der Waals surface area contributed by atoms with Gasteiger partial charge in [-0.1, -0.05) is 42.5 Å². The molecule has 0 spiro atoms. The third-order valence-corrected chi connectivity index (χ3v) is 2.25. The summed E-state index contributed by atoms with van der Waals surface area (Å²) >= 11 is 0. The summed E-state index contributed by atoms with van der Waals surface area (Å²) in [5, 5.41) is 0. The second kappa shape index (κ2) is 6.01. The van der Waals surface area contributed by atoms with Crippen LogP contribution >= 0.6 is 0 Å². The van der Waals surface area contributed by atoms with Crippen molar-refractivity contribution in [3.05, 3.63) is 66.0 Å². The van der Waals surface area contributed by atoms with Gasteiger partial charge in [-0.3, -0.25) is 0 Å². The van der Waals surface area contributed by atoms with E-state index in [1.165, 1.54) is 6.07 Å². The van der Waals surface area contributed by atoms with Crippen molar-refractivity contribution in [3.8, 4) is 5.75 Å². The number of benzene rings is 2. The summed E-state index contributed by atoms with van der Waals surface area (Å²) < 4.78 is 23.6. The van der Waals surface area contributed by atoms with Crippen LogP contribution in [0.4, 0.5) is 4.39 Å². The molecule has 0 heterocycles. The lowest BCUT2D eigenvalue weighted by atomic mass is 10.2. The Morgan fingerprint density at radius 3 is 2.35 bits per heavy atom. The van der Waals surface area contributed by atoms with Crippen molar-refractivity contribution in [1.29, 1.82) is 0 Å². The third kappa shape index (κ3) is 3.57. The van der Waals surface area contributed by atoms with E-state index in [9.17, 15) is 4.39 Å². The van der Waals surface area contributed by atoms with Crippen LogP contribution in [0.3, 0.4) is 0 Å². The quantitative estimate of drug-likeness (QED) is 0.581. The molecule has 0 saturated carbocycles. The molecule has 17 heavy (non-hydrogen) atoms. The van der Waals surface area contributed by atoms with E-state index in [-0.39, 0.29) is 18.4 Å².